The van der Waals surface area contributed by atoms with E-state index in [1.54, 1.807) is 0 Å². The number of carboxylic acid groups (broad SMARTS) is 1. The number of nitrogens with zero attached hydrogens (tertiary/aromatic N) is 1. The molecule has 0 spiro atoms. The normalized spacial score (nSPS) is 4.90. The largest absolute Gasteiger partial charge is 2.00 e. The molecule has 0 atom stereocenters. The van der Waals surface area contributed by atoms with Gasteiger partial charge in [-0.1, -0.05) is 0 Å². The summed E-state index contributed by atoms with van der Waals surface area (Å²) < 4.78 is 0. The Balaban J connectivity index is -0.0000000300. The van der Waals surface area contributed by atoms with Crippen molar-refractivity contribution >= 4 is 33.3 Å². The third-order valence-corrected chi connectivity index (χ3v) is 0. The van der Waals surface area contributed by atoms with Crippen molar-refractivity contribution in [2.75, 3.05) is 0 Å². The van der Waals surface area contributed by atoms with Gasteiger partial charge in [-0.3, -0.25) is 0 Å². The van der Waals surface area contributed by atoms with Crippen molar-refractivity contribution in [3.8, 4) is 0 Å². The first-order chi connectivity index (χ1) is 3.46. The van der Waals surface area contributed by atoms with Crippen molar-refractivity contribution in [3.05, 3.63) is 15.3 Å². The second-order valence-electron chi connectivity index (χ2n) is 0.715. The van der Waals surface area contributed by atoms with Gasteiger partial charge in [-0.05, 0) is 6.92 Å². The van der Waals surface area contributed by atoms with Crippen LogP contribution in [0.4, 0.5) is 0 Å². The summed E-state index contributed by atoms with van der Waals surface area (Å²) in [6, 6.07) is 0. The van der Waals surface area contributed by atoms with Crippen LogP contribution in [-0.4, -0.2) is 38.4 Å². The fourth-order valence-corrected chi connectivity index (χ4v) is 0. The minimum atomic E-state index is -1.75. The summed E-state index contributed by atoms with van der Waals surface area (Å²) in [5.41, 5.74) is 0. The number of carboxylic acids is 1. The SMILES string of the molecule is CC(=O)[O-].O=[N+]([O-])[O-].[PbH2].[Zn+2]. The van der Waals surface area contributed by atoms with Crippen LogP contribution in [0.5, 0.6) is 0 Å². The Morgan fingerprint density at radius 3 is 1.40 bits per heavy atom. The molecule has 0 aromatic rings. The topological polar surface area (TPSA) is 106 Å². The van der Waals surface area contributed by atoms with Crippen LogP contribution in [0.25, 0.3) is 0 Å². The van der Waals surface area contributed by atoms with Crippen molar-refractivity contribution in [2.24, 2.45) is 0 Å². The molecule has 0 saturated carbocycles. The molecule has 0 rings (SSSR count). The van der Waals surface area contributed by atoms with Gasteiger partial charge in [0.25, 0.3) is 0 Å². The molecule has 0 N–H and O–H groups in total. The van der Waals surface area contributed by atoms with E-state index in [-0.39, 0.29) is 46.8 Å². The summed E-state index contributed by atoms with van der Waals surface area (Å²) in [6.45, 7) is 0.972. The van der Waals surface area contributed by atoms with Gasteiger partial charge in [0.1, 0.15) is 0 Å². The van der Waals surface area contributed by atoms with Gasteiger partial charge in [-0.25, -0.2) is 0 Å². The van der Waals surface area contributed by atoms with Crippen LogP contribution in [0.1, 0.15) is 6.92 Å². The van der Waals surface area contributed by atoms with Gasteiger partial charge in [0.05, 0.1) is 5.09 Å². The molecule has 0 saturated heterocycles. The standard InChI is InChI=1S/C2H4O2.NO3.Pb.Zn.2H/c1-2(3)4;2-1(3)4;;;;/h1H3,(H,3,4);;;;;/q;-1;;+2;;/p-1. The van der Waals surface area contributed by atoms with E-state index in [1.807, 2.05) is 0 Å². The van der Waals surface area contributed by atoms with Gasteiger partial charge in [-0.15, -0.1) is 0 Å². The maximum Gasteiger partial charge on any atom is 2.00 e. The average molecular weight is 396 g/mol. The van der Waals surface area contributed by atoms with Crippen LogP contribution in [0.3, 0.4) is 0 Å². The van der Waals surface area contributed by atoms with E-state index >= 15 is 0 Å². The summed E-state index contributed by atoms with van der Waals surface area (Å²) in [5, 5.41) is 23.6. The maximum atomic E-state index is 8.89. The Kier molecular flexibility index (Phi) is 36.2. The number of carbonyl (C=O) groups excluding carboxylic acids is 1. The predicted octanol–water partition coefficient (Wildman–Crippen LogP) is -2.40. The summed E-state index contributed by atoms with van der Waals surface area (Å²) in [5.74, 6) is -1.08. The molecule has 0 bridgehead atoms. The van der Waals surface area contributed by atoms with E-state index in [1.165, 1.54) is 0 Å². The van der Waals surface area contributed by atoms with E-state index in [0.29, 0.717) is 0 Å². The monoisotopic (exact) mass is 395 g/mol. The van der Waals surface area contributed by atoms with Gasteiger partial charge in [0, 0.05) is 5.97 Å². The number of hydrogen-bond donors (Lipinski definition) is 0. The Morgan fingerprint density at radius 2 is 1.40 bits per heavy atom. The number of carbonyl (C=O) groups is 1. The first-order valence-corrected chi connectivity index (χ1v) is 1.46. The van der Waals surface area contributed by atoms with Gasteiger partial charge >= 0.3 is 46.8 Å². The van der Waals surface area contributed by atoms with E-state index < -0.39 is 11.1 Å². The molecule has 0 heterocycles. The zero-order valence-electron chi connectivity index (χ0n) is 5.40. The molecule has 0 aromatic heterocycles. The van der Waals surface area contributed by atoms with E-state index in [2.05, 4.69) is 0 Å². The molecule has 0 aliphatic rings. The average Bonchev–Trinajstić information content (AvgIpc) is 1.25. The molecule has 8 heteroatoms. The molecule has 0 fully saturated rings. The third kappa shape index (κ3) is 9210. The number of aliphatic carboxylic acids is 1. The van der Waals surface area contributed by atoms with Crippen LogP contribution in [0, 0.1) is 15.3 Å². The molecular weight excluding hydrogens is 391 g/mol. The Hall–Kier alpha value is 0.215. The Bertz CT molecular complexity index is 77.6. The van der Waals surface area contributed by atoms with Crippen molar-refractivity contribution in [1.82, 2.24) is 0 Å². The molecule has 0 aliphatic carbocycles. The number of hydrogen-bond acceptors (Lipinski definition) is 5. The predicted molar refractivity (Wildman–Crippen MR) is 29.6 cm³/mol. The second kappa shape index (κ2) is 16.1. The smallest absolute Gasteiger partial charge is 2.00 e. The quantitative estimate of drug-likeness (QED) is 0.258. The minimum absolute atomic E-state index is 0. The molecule has 6 nitrogen and oxygen atoms in total. The van der Waals surface area contributed by atoms with Crippen molar-refractivity contribution in [1.29, 1.82) is 0 Å². The summed E-state index contributed by atoms with van der Waals surface area (Å²) >= 11 is 0. The van der Waals surface area contributed by atoms with E-state index in [9.17, 15) is 0 Å². The Morgan fingerprint density at radius 1 is 1.40 bits per heavy atom. The van der Waals surface area contributed by atoms with E-state index in [4.69, 9.17) is 25.2 Å². The molecule has 0 aromatic carbocycles. The van der Waals surface area contributed by atoms with Gasteiger partial charge in [0.2, 0.25) is 0 Å². The van der Waals surface area contributed by atoms with Gasteiger partial charge in [0.15, 0.2) is 0 Å². The van der Waals surface area contributed by atoms with Crippen LogP contribution in [0.15, 0.2) is 0 Å². The van der Waals surface area contributed by atoms with Crippen molar-refractivity contribution in [2.45, 2.75) is 6.92 Å². The molecule has 10 heavy (non-hydrogen) atoms. The van der Waals surface area contributed by atoms with Crippen LogP contribution in [-0.2, 0) is 24.3 Å². The fraction of sp³-hybridized carbons (Fsp3) is 0.500. The molecule has 2 radical (unpaired) electrons. The van der Waals surface area contributed by atoms with Crippen LogP contribution in [0.2, 0.25) is 0 Å². The fourth-order valence-electron chi connectivity index (χ4n) is 0. The minimum Gasteiger partial charge on any atom is 2.00 e. The van der Waals surface area contributed by atoms with Crippen LogP contribution >= 0.6 is 0 Å². The Labute approximate surface area is 89.6 Å². The summed E-state index contributed by atoms with van der Waals surface area (Å²) in [7, 11) is 0. The number of rotatable bonds is 0. The molecular formula is C2H5NO5PbZn. The second-order valence-corrected chi connectivity index (χ2v) is 0.715. The van der Waals surface area contributed by atoms with Gasteiger partial charge < -0.3 is 25.2 Å². The summed E-state index contributed by atoms with van der Waals surface area (Å²) in [6.07, 6.45) is 0. The zero-order chi connectivity index (χ0) is 7.15. The summed E-state index contributed by atoms with van der Waals surface area (Å²) in [4.78, 5) is 17.1. The van der Waals surface area contributed by atoms with Crippen molar-refractivity contribution in [3.63, 3.8) is 0 Å². The molecule has 54 valence electrons. The zero-order valence-corrected chi connectivity index (χ0v) is 13.9. The third-order valence-electron chi connectivity index (χ3n) is 0. The molecule has 0 amide bonds. The molecule has 0 aliphatic heterocycles. The maximum absolute atomic E-state index is 8.89. The first kappa shape index (κ1) is 22.5. The van der Waals surface area contributed by atoms with Crippen LogP contribution < -0.4 is 5.11 Å². The molecule has 0 unspecified atom stereocenters. The first-order valence-electron chi connectivity index (χ1n) is 1.46. The van der Waals surface area contributed by atoms with Gasteiger partial charge in [-0.2, -0.15) is 0 Å². The van der Waals surface area contributed by atoms with E-state index in [0.717, 1.165) is 6.92 Å². The van der Waals surface area contributed by atoms with Crippen molar-refractivity contribution < 1.29 is 34.5 Å².